The topological polar surface area (TPSA) is 12.9 Å². The number of fused-ring (bicyclic) bond motifs is 1. The van der Waals surface area contributed by atoms with Crippen LogP contribution in [0.3, 0.4) is 0 Å². The van der Waals surface area contributed by atoms with Crippen molar-refractivity contribution in [3.63, 3.8) is 0 Å². The van der Waals surface area contributed by atoms with E-state index in [0.717, 1.165) is 12.1 Å². The molecular weight excluding hydrogens is 170 g/mol. The van der Waals surface area contributed by atoms with E-state index in [4.69, 9.17) is 0 Å². The van der Waals surface area contributed by atoms with Crippen LogP contribution in [0.4, 0.5) is 0 Å². The van der Waals surface area contributed by atoms with Gasteiger partial charge in [-0.05, 0) is 24.1 Å². The summed E-state index contributed by atoms with van der Waals surface area (Å²) in [4.78, 5) is 4.37. The number of rotatable bonds is 0. The van der Waals surface area contributed by atoms with E-state index in [2.05, 4.69) is 49.2 Å². The summed E-state index contributed by atoms with van der Waals surface area (Å²) in [7, 11) is 0. The Morgan fingerprint density at radius 2 is 2.14 bits per heavy atom. The highest BCUT2D eigenvalue weighted by Crippen LogP contribution is 2.23. The molecule has 1 aromatic heterocycles. The molecule has 0 saturated heterocycles. The summed E-state index contributed by atoms with van der Waals surface area (Å²) >= 11 is 0. The van der Waals surface area contributed by atoms with Gasteiger partial charge in [-0.1, -0.05) is 38.1 Å². The van der Waals surface area contributed by atoms with Crippen LogP contribution in [0.15, 0.2) is 36.6 Å². The van der Waals surface area contributed by atoms with Crippen molar-refractivity contribution in [2.75, 3.05) is 0 Å². The van der Waals surface area contributed by atoms with Gasteiger partial charge in [0, 0.05) is 11.6 Å². The average Bonchev–Trinajstić information content (AvgIpc) is 2.14. The molecule has 0 aromatic carbocycles. The quantitative estimate of drug-likeness (QED) is 0.565. The summed E-state index contributed by atoms with van der Waals surface area (Å²) in [6.07, 6.45) is 11.6. The van der Waals surface area contributed by atoms with E-state index in [-0.39, 0.29) is 5.41 Å². The third-order valence-corrected chi connectivity index (χ3v) is 2.48. The van der Waals surface area contributed by atoms with Crippen LogP contribution in [0.25, 0.3) is 6.08 Å². The molecule has 0 fully saturated rings. The highest BCUT2D eigenvalue weighted by Gasteiger charge is 2.11. The van der Waals surface area contributed by atoms with Gasteiger partial charge in [-0.2, -0.15) is 0 Å². The minimum atomic E-state index is 0.148. The molecule has 0 unspecified atom stereocenters. The molecule has 1 heterocycles. The lowest BCUT2D eigenvalue weighted by Crippen LogP contribution is -2.04. The fourth-order valence-corrected chi connectivity index (χ4v) is 1.61. The molecule has 0 bridgehead atoms. The minimum absolute atomic E-state index is 0.148. The van der Waals surface area contributed by atoms with E-state index >= 15 is 0 Å². The second-order valence-electron chi connectivity index (χ2n) is 4.31. The van der Waals surface area contributed by atoms with Gasteiger partial charge in [0.1, 0.15) is 0 Å². The van der Waals surface area contributed by atoms with Gasteiger partial charge >= 0.3 is 0 Å². The molecule has 2 rings (SSSR count). The predicted octanol–water partition coefficient (Wildman–Crippen LogP) is 3.23. The van der Waals surface area contributed by atoms with E-state index in [1.165, 1.54) is 5.56 Å². The Bertz CT molecular complexity index is 386. The first-order valence-corrected chi connectivity index (χ1v) is 4.98. The third-order valence-electron chi connectivity index (χ3n) is 2.48. The Morgan fingerprint density at radius 3 is 3.00 bits per heavy atom. The zero-order chi connectivity index (χ0) is 10.0. The Labute approximate surface area is 85.2 Å². The van der Waals surface area contributed by atoms with Gasteiger partial charge < -0.3 is 0 Å². The third kappa shape index (κ3) is 1.92. The van der Waals surface area contributed by atoms with Crippen molar-refractivity contribution in [2.24, 2.45) is 5.41 Å². The summed E-state index contributed by atoms with van der Waals surface area (Å²) in [5, 5.41) is 0. The first-order chi connectivity index (χ1) is 6.67. The molecule has 14 heavy (non-hydrogen) atoms. The van der Waals surface area contributed by atoms with Crippen molar-refractivity contribution >= 4 is 6.08 Å². The van der Waals surface area contributed by atoms with Crippen LogP contribution in [0, 0.1) is 5.41 Å². The lowest BCUT2D eigenvalue weighted by atomic mass is 9.89. The summed E-state index contributed by atoms with van der Waals surface area (Å²) in [5.74, 6) is 0. The standard InChI is InChI=1S/C13H15N/c1-13(2)8-3-5-11-6-4-10-14-12(11)7-9-13/h3-4,6-10H,5H2,1-2H3/b8-3-,9-7-. The summed E-state index contributed by atoms with van der Waals surface area (Å²) in [6.45, 7) is 4.40. The second kappa shape index (κ2) is 3.41. The molecule has 0 saturated carbocycles. The largest absolute Gasteiger partial charge is 0.257 e. The van der Waals surface area contributed by atoms with Crippen LogP contribution in [-0.4, -0.2) is 4.98 Å². The fraction of sp³-hybridized carbons (Fsp3) is 0.308. The van der Waals surface area contributed by atoms with Crippen LogP contribution in [0.5, 0.6) is 0 Å². The van der Waals surface area contributed by atoms with Gasteiger partial charge in [0.05, 0.1) is 5.69 Å². The van der Waals surface area contributed by atoms with Crippen molar-refractivity contribution in [3.8, 4) is 0 Å². The molecule has 1 aliphatic carbocycles. The van der Waals surface area contributed by atoms with Crippen LogP contribution < -0.4 is 0 Å². The molecule has 0 amide bonds. The maximum absolute atomic E-state index is 4.37. The molecule has 1 aromatic rings. The molecule has 0 N–H and O–H groups in total. The Hall–Kier alpha value is -1.37. The molecule has 0 spiro atoms. The van der Waals surface area contributed by atoms with Gasteiger partial charge in [-0.15, -0.1) is 0 Å². The summed E-state index contributed by atoms with van der Waals surface area (Å²) < 4.78 is 0. The molecule has 0 atom stereocenters. The van der Waals surface area contributed by atoms with Crippen LogP contribution in [0.1, 0.15) is 25.1 Å². The van der Waals surface area contributed by atoms with Crippen molar-refractivity contribution < 1.29 is 0 Å². The van der Waals surface area contributed by atoms with E-state index in [1.54, 1.807) is 0 Å². The number of pyridine rings is 1. The van der Waals surface area contributed by atoms with Crippen LogP contribution in [0.2, 0.25) is 0 Å². The first-order valence-electron chi connectivity index (χ1n) is 4.98. The normalized spacial score (nSPS) is 23.0. The lowest BCUT2D eigenvalue weighted by Gasteiger charge is -2.16. The smallest absolute Gasteiger partial charge is 0.0661 e. The first kappa shape index (κ1) is 9.20. The maximum Gasteiger partial charge on any atom is 0.0661 e. The molecule has 72 valence electrons. The number of aromatic nitrogens is 1. The van der Waals surface area contributed by atoms with Gasteiger partial charge in [0.15, 0.2) is 0 Å². The predicted molar refractivity (Wildman–Crippen MR) is 59.9 cm³/mol. The lowest BCUT2D eigenvalue weighted by molar-refractivity contribution is 0.626. The van der Waals surface area contributed by atoms with E-state index in [9.17, 15) is 0 Å². The van der Waals surface area contributed by atoms with Crippen molar-refractivity contribution in [1.29, 1.82) is 0 Å². The van der Waals surface area contributed by atoms with Gasteiger partial charge in [0.2, 0.25) is 0 Å². The van der Waals surface area contributed by atoms with Crippen molar-refractivity contribution in [1.82, 2.24) is 4.98 Å². The highest BCUT2D eigenvalue weighted by molar-refractivity contribution is 5.52. The average molecular weight is 185 g/mol. The minimum Gasteiger partial charge on any atom is -0.257 e. The van der Waals surface area contributed by atoms with E-state index in [0.29, 0.717) is 0 Å². The van der Waals surface area contributed by atoms with Crippen molar-refractivity contribution in [3.05, 3.63) is 47.8 Å². The molecular formula is C13H15N. The molecule has 0 aliphatic heterocycles. The maximum atomic E-state index is 4.37. The molecule has 0 radical (unpaired) electrons. The Kier molecular flexibility index (Phi) is 2.24. The second-order valence-corrected chi connectivity index (χ2v) is 4.31. The Morgan fingerprint density at radius 1 is 1.29 bits per heavy atom. The fourth-order valence-electron chi connectivity index (χ4n) is 1.61. The van der Waals surface area contributed by atoms with Gasteiger partial charge in [0.25, 0.3) is 0 Å². The van der Waals surface area contributed by atoms with E-state index < -0.39 is 0 Å². The van der Waals surface area contributed by atoms with Gasteiger partial charge in [-0.3, -0.25) is 4.98 Å². The monoisotopic (exact) mass is 185 g/mol. The zero-order valence-corrected chi connectivity index (χ0v) is 8.70. The van der Waals surface area contributed by atoms with Gasteiger partial charge in [-0.25, -0.2) is 0 Å². The molecule has 1 heteroatoms. The van der Waals surface area contributed by atoms with Crippen LogP contribution in [-0.2, 0) is 6.42 Å². The molecule has 1 nitrogen and oxygen atoms in total. The summed E-state index contributed by atoms with van der Waals surface area (Å²) in [6, 6.07) is 4.13. The van der Waals surface area contributed by atoms with Crippen molar-refractivity contribution in [2.45, 2.75) is 20.3 Å². The van der Waals surface area contributed by atoms with E-state index in [1.807, 2.05) is 12.3 Å². The highest BCUT2D eigenvalue weighted by atomic mass is 14.7. The Balaban J connectivity index is 2.44. The SMILES string of the molecule is CC1(C)/C=C\Cc2cccnc2/C=C\1. The number of hydrogen-bond acceptors (Lipinski definition) is 1. The number of allylic oxidation sites excluding steroid dienone is 3. The van der Waals surface area contributed by atoms with Crippen LogP contribution >= 0.6 is 0 Å². The number of nitrogens with zero attached hydrogens (tertiary/aromatic N) is 1. The number of hydrogen-bond donors (Lipinski definition) is 0. The zero-order valence-electron chi connectivity index (χ0n) is 8.70. The summed E-state index contributed by atoms with van der Waals surface area (Å²) in [5.41, 5.74) is 2.55. The molecule has 1 aliphatic rings.